The zero-order chi connectivity index (χ0) is 11.2. The van der Waals surface area contributed by atoms with E-state index in [0.29, 0.717) is 13.2 Å². The third kappa shape index (κ3) is 2.58. The van der Waals surface area contributed by atoms with Crippen LogP contribution < -0.4 is 10.5 Å². The number of benzene rings is 1. The van der Waals surface area contributed by atoms with Crippen molar-refractivity contribution in [3.63, 3.8) is 0 Å². The topological polar surface area (TPSA) is 76.8 Å². The zero-order valence-electron chi connectivity index (χ0n) is 8.89. The second-order valence-electron chi connectivity index (χ2n) is 3.37. The molecule has 0 radical (unpaired) electrons. The minimum atomic E-state index is 0.650. The summed E-state index contributed by atoms with van der Waals surface area (Å²) in [5.41, 5.74) is 7.22. The summed E-state index contributed by atoms with van der Waals surface area (Å²) in [5.74, 6) is 0.848. The van der Waals surface area contributed by atoms with Crippen molar-refractivity contribution >= 4 is 0 Å². The Hall–Kier alpha value is -1.88. The lowest BCUT2D eigenvalue weighted by Gasteiger charge is -2.05. The number of H-pyrrole nitrogens is 1. The minimum Gasteiger partial charge on any atom is -0.494 e. The molecule has 5 nitrogen and oxygen atoms in total. The van der Waals surface area contributed by atoms with Gasteiger partial charge in [0, 0.05) is 11.8 Å². The van der Waals surface area contributed by atoms with Crippen LogP contribution in [0.4, 0.5) is 0 Å². The molecule has 84 valence electrons. The van der Waals surface area contributed by atoms with Gasteiger partial charge in [-0.3, -0.25) is 5.10 Å². The van der Waals surface area contributed by atoms with Gasteiger partial charge in [0.1, 0.15) is 11.4 Å². The van der Waals surface area contributed by atoms with Gasteiger partial charge in [-0.15, -0.1) is 5.10 Å². The summed E-state index contributed by atoms with van der Waals surface area (Å²) >= 11 is 0. The second-order valence-corrected chi connectivity index (χ2v) is 3.37. The highest BCUT2D eigenvalue weighted by atomic mass is 16.5. The van der Waals surface area contributed by atoms with Gasteiger partial charge in [0.2, 0.25) is 0 Å². The van der Waals surface area contributed by atoms with E-state index in [4.69, 9.17) is 10.5 Å². The summed E-state index contributed by atoms with van der Waals surface area (Å²) < 4.78 is 5.49. The largest absolute Gasteiger partial charge is 0.494 e. The van der Waals surface area contributed by atoms with E-state index in [1.165, 1.54) is 0 Å². The third-order valence-electron chi connectivity index (χ3n) is 2.18. The van der Waals surface area contributed by atoms with Gasteiger partial charge in [-0.2, -0.15) is 0 Å². The zero-order valence-corrected chi connectivity index (χ0v) is 8.89. The van der Waals surface area contributed by atoms with E-state index in [0.717, 1.165) is 23.4 Å². The van der Waals surface area contributed by atoms with Crippen LogP contribution in [0.2, 0.25) is 0 Å². The number of ether oxygens (including phenoxy) is 1. The normalized spacial score (nSPS) is 10.3. The van der Waals surface area contributed by atoms with Crippen LogP contribution in [-0.2, 0) is 0 Å². The van der Waals surface area contributed by atoms with Crippen molar-refractivity contribution in [3.05, 3.63) is 30.5 Å². The SMILES string of the molecule is NCCCOc1ccc(-c2c[nH]nn2)cc1. The average molecular weight is 218 g/mol. The molecular formula is C11H14N4O. The summed E-state index contributed by atoms with van der Waals surface area (Å²) in [6.07, 6.45) is 2.62. The minimum absolute atomic E-state index is 0.650. The van der Waals surface area contributed by atoms with Crippen molar-refractivity contribution in [1.82, 2.24) is 15.4 Å². The molecule has 0 aliphatic heterocycles. The van der Waals surface area contributed by atoms with Gasteiger partial charge in [-0.25, -0.2) is 0 Å². The first kappa shape index (κ1) is 10.6. The maximum atomic E-state index is 5.49. The van der Waals surface area contributed by atoms with Crippen LogP contribution in [0, 0.1) is 0 Å². The van der Waals surface area contributed by atoms with Gasteiger partial charge < -0.3 is 10.5 Å². The van der Waals surface area contributed by atoms with Crippen LogP contribution in [0.1, 0.15) is 6.42 Å². The lowest BCUT2D eigenvalue weighted by Crippen LogP contribution is -2.05. The van der Waals surface area contributed by atoms with Crippen LogP contribution in [0.25, 0.3) is 11.3 Å². The molecule has 2 aromatic rings. The van der Waals surface area contributed by atoms with Crippen molar-refractivity contribution in [2.75, 3.05) is 13.2 Å². The number of rotatable bonds is 5. The molecule has 16 heavy (non-hydrogen) atoms. The standard InChI is InChI=1S/C11H14N4O/c12-6-1-7-16-10-4-2-9(3-5-10)11-8-13-15-14-11/h2-5,8H,1,6-7,12H2,(H,13,14,15). The Morgan fingerprint density at radius 1 is 1.25 bits per heavy atom. The third-order valence-corrected chi connectivity index (χ3v) is 2.18. The number of nitrogens with two attached hydrogens (primary N) is 1. The Bertz CT molecular complexity index is 410. The predicted octanol–water partition coefficient (Wildman–Crippen LogP) is 1.20. The number of hydrogen-bond acceptors (Lipinski definition) is 4. The Balaban J connectivity index is 2.00. The van der Waals surface area contributed by atoms with Crippen LogP contribution in [0.3, 0.4) is 0 Å². The van der Waals surface area contributed by atoms with Gasteiger partial charge in [0.05, 0.1) is 6.61 Å². The van der Waals surface area contributed by atoms with E-state index in [-0.39, 0.29) is 0 Å². The molecule has 1 aromatic carbocycles. The van der Waals surface area contributed by atoms with Crippen molar-refractivity contribution in [2.24, 2.45) is 5.73 Å². The van der Waals surface area contributed by atoms with E-state index in [1.54, 1.807) is 6.20 Å². The van der Waals surface area contributed by atoms with Gasteiger partial charge >= 0.3 is 0 Å². The fourth-order valence-electron chi connectivity index (χ4n) is 1.34. The quantitative estimate of drug-likeness (QED) is 0.739. The van der Waals surface area contributed by atoms with E-state index < -0.39 is 0 Å². The first-order chi connectivity index (χ1) is 7.90. The molecular weight excluding hydrogens is 204 g/mol. The van der Waals surface area contributed by atoms with Gasteiger partial charge in [-0.05, 0) is 37.2 Å². The van der Waals surface area contributed by atoms with Crippen molar-refractivity contribution in [2.45, 2.75) is 6.42 Å². The molecule has 0 atom stereocenters. The van der Waals surface area contributed by atoms with Crippen molar-refractivity contribution in [3.8, 4) is 17.0 Å². The molecule has 0 saturated heterocycles. The van der Waals surface area contributed by atoms with Crippen LogP contribution in [0.15, 0.2) is 30.5 Å². The molecule has 1 aromatic heterocycles. The van der Waals surface area contributed by atoms with Crippen molar-refractivity contribution in [1.29, 1.82) is 0 Å². The Labute approximate surface area is 93.6 Å². The fourth-order valence-corrected chi connectivity index (χ4v) is 1.34. The summed E-state index contributed by atoms with van der Waals surface area (Å²) in [5, 5.41) is 10.3. The lowest BCUT2D eigenvalue weighted by molar-refractivity contribution is 0.313. The number of nitrogens with zero attached hydrogens (tertiary/aromatic N) is 2. The smallest absolute Gasteiger partial charge is 0.119 e. The first-order valence-corrected chi connectivity index (χ1v) is 5.20. The molecule has 0 fully saturated rings. The number of aromatic nitrogens is 3. The first-order valence-electron chi connectivity index (χ1n) is 5.20. The van der Waals surface area contributed by atoms with Crippen LogP contribution >= 0.6 is 0 Å². The number of hydrogen-bond donors (Lipinski definition) is 2. The molecule has 0 aliphatic rings. The molecule has 0 aliphatic carbocycles. The molecule has 0 saturated carbocycles. The Morgan fingerprint density at radius 2 is 2.06 bits per heavy atom. The van der Waals surface area contributed by atoms with E-state index >= 15 is 0 Å². The highest BCUT2D eigenvalue weighted by Crippen LogP contribution is 2.19. The molecule has 0 spiro atoms. The fraction of sp³-hybridized carbons (Fsp3) is 0.273. The molecule has 3 N–H and O–H groups in total. The van der Waals surface area contributed by atoms with E-state index in [1.807, 2.05) is 24.3 Å². The highest BCUT2D eigenvalue weighted by molar-refractivity contribution is 5.58. The molecule has 0 amide bonds. The maximum Gasteiger partial charge on any atom is 0.119 e. The summed E-state index contributed by atoms with van der Waals surface area (Å²) in [7, 11) is 0. The number of nitrogens with one attached hydrogen (secondary N) is 1. The summed E-state index contributed by atoms with van der Waals surface area (Å²) in [4.78, 5) is 0. The molecule has 1 heterocycles. The van der Waals surface area contributed by atoms with E-state index in [2.05, 4.69) is 15.4 Å². The average Bonchev–Trinajstić information content (AvgIpc) is 2.84. The molecule has 5 heteroatoms. The second kappa shape index (κ2) is 5.27. The van der Waals surface area contributed by atoms with Gasteiger partial charge in [0.15, 0.2) is 0 Å². The van der Waals surface area contributed by atoms with Crippen LogP contribution in [-0.4, -0.2) is 28.6 Å². The summed E-state index contributed by atoms with van der Waals surface area (Å²) in [6.45, 7) is 1.30. The van der Waals surface area contributed by atoms with Gasteiger partial charge in [0.25, 0.3) is 0 Å². The summed E-state index contributed by atoms with van der Waals surface area (Å²) in [6, 6.07) is 7.74. The Morgan fingerprint density at radius 3 is 2.69 bits per heavy atom. The Kier molecular flexibility index (Phi) is 3.50. The van der Waals surface area contributed by atoms with Crippen LogP contribution in [0.5, 0.6) is 5.75 Å². The van der Waals surface area contributed by atoms with Gasteiger partial charge in [-0.1, -0.05) is 5.21 Å². The highest BCUT2D eigenvalue weighted by Gasteiger charge is 2.00. The molecule has 2 rings (SSSR count). The molecule has 0 unspecified atom stereocenters. The number of aromatic amines is 1. The lowest BCUT2D eigenvalue weighted by atomic mass is 10.2. The monoisotopic (exact) mass is 218 g/mol. The van der Waals surface area contributed by atoms with E-state index in [9.17, 15) is 0 Å². The predicted molar refractivity (Wildman–Crippen MR) is 61.0 cm³/mol. The van der Waals surface area contributed by atoms with Crippen molar-refractivity contribution < 1.29 is 4.74 Å². The molecule has 0 bridgehead atoms. The maximum absolute atomic E-state index is 5.49.